The second kappa shape index (κ2) is 7.41. The van der Waals surface area contributed by atoms with Crippen molar-refractivity contribution in [2.45, 2.75) is 64.5 Å². The van der Waals surface area contributed by atoms with Crippen LogP contribution >= 0.6 is 0 Å². The molecule has 1 aliphatic carbocycles. The number of carbonyl (C=O) groups excluding carboxylic acids is 1. The lowest BCUT2D eigenvalue weighted by Gasteiger charge is -2.28. The van der Waals surface area contributed by atoms with Gasteiger partial charge >= 0.3 is 0 Å². The van der Waals surface area contributed by atoms with Gasteiger partial charge in [0.25, 0.3) is 0 Å². The van der Waals surface area contributed by atoms with E-state index in [4.69, 9.17) is 5.73 Å². The molecule has 0 aromatic rings. The molecular formula is C16H31N3O. The zero-order chi connectivity index (χ0) is 14.5. The Balaban J connectivity index is 1.87. The fourth-order valence-corrected chi connectivity index (χ4v) is 3.50. The van der Waals surface area contributed by atoms with Crippen LogP contribution in [0.4, 0.5) is 0 Å². The van der Waals surface area contributed by atoms with Gasteiger partial charge in [-0.2, -0.15) is 0 Å². The molecule has 2 unspecified atom stereocenters. The SMILES string of the molecule is CCC(C)C(N)C(=O)N1CCCN(C2CCCC2)CC1. The molecule has 0 bridgehead atoms. The highest BCUT2D eigenvalue weighted by molar-refractivity contribution is 5.82. The topological polar surface area (TPSA) is 49.6 Å². The predicted molar refractivity (Wildman–Crippen MR) is 82.5 cm³/mol. The zero-order valence-corrected chi connectivity index (χ0v) is 13.2. The van der Waals surface area contributed by atoms with Gasteiger partial charge in [0.2, 0.25) is 5.91 Å². The molecule has 0 aromatic carbocycles. The second-order valence-corrected chi connectivity index (χ2v) is 6.56. The molecular weight excluding hydrogens is 250 g/mol. The van der Waals surface area contributed by atoms with Gasteiger partial charge in [-0.15, -0.1) is 0 Å². The Hall–Kier alpha value is -0.610. The van der Waals surface area contributed by atoms with E-state index in [0.29, 0.717) is 0 Å². The highest BCUT2D eigenvalue weighted by atomic mass is 16.2. The van der Waals surface area contributed by atoms with E-state index in [-0.39, 0.29) is 17.9 Å². The van der Waals surface area contributed by atoms with Crippen molar-refractivity contribution < 1.29 is 4.79 Å². The summed E-state index contributed by atoms with van der Waals surface area (Å²) in [7, 11) is 0. The van der Waals surface area contributed by atoms with Crippen LogP contribution in [0.1, 0.15) is 52.4 Å². The smallest absolute Gasteiger partial charge is 0.239 e. The third-order valence-electron chi connectivity index (χ3n) is 5.23. The fourth-order valence-electron chi connectivity index (χ4n) is 3.50. The third-order valence-corrected chi connectivity index (χ3v) is 5.23. The van der Waals surface area contributed by atoms with E-state index in [1.54, 1.807) is 0 Å². The maximum absolute atomic E-state index is 12.5. The standard InChI is InChI=1S/C16H31N3O/c1-3-13(2)15(17)16(20)19-10-6-9-18(11-12-19)14-7-4-5-8-14/h13-15H,3-12,17H2,1-2H3. The first-order valence-electron chi connectivity index (χ1n) is 8.42. The summed E-state index contributed by atoms with van der Waals surface area (Å²) in [5, 5.41) is 0. The molecule has 1 amide bonds. The van der Waals surface area contributed by atoms with Crippen molar-refractivity contribution in [1.82, 2.24) is 9.80 Å². The molecule has 20 heavy (non-hydrogen) atoms. The zero-order valence-electron chi connectivity index (χ0n) is 13.2. The number of carbonyl (C=O) groups is 1. The van der Waals surface area contributed by atoms with Crippen LogP contribution in [0.2, 0.25) is 0 Å². The van der Waals surface area contributed by atoms with Gasteiger partial charge < -0.3 is 10.6 Å². The van der Waals surface area contributed by atoms with Crippen LogP contribution < -0.4 is 5.73 Å². The average molecular weight is 281 g/mol. The molecule has 116 valence electrons. The summed E-state index contributed by atoms with van der Waals surface area (Å²) in [6.07, 6.45) is 7.51. The van der Waals surface area contributed by atoms with E-state index in [2.05, 4.69) is 18.7 Å². The Morgan fingerprint density at radius 1 is 1.15 bits per heavy atom. The largest absolute Gasteiger partial charge is 0.340 e. The Kier molecular flexibility index (Phi) is 5.85. The van der Waals surface area contributed by atoms with E-state index >= 15 is 0 Å². The molecule has 2 rings (SSSR count). The monoisotopic (exact) mass is 281 g/mol. The van der Waals surface area contributed by atoms with Crippen molar-refractivity contribution >= 4 is 5.91 Å². The summed E-state index contributed by atoms with van der Waals surface area (Å²) < 4.78 is 0. The molecule has 2 atom stereocenters. The van der Waals surface area contributed by atoms with Crippen LogP contribution in [0, 0.1) is 5.92 Å². The minimum atomic E-state index is -0.321. The predicted octanol–water partition coefficient (Wildman–Crippen LogP) is 1.84. The number of amides is 1. The number of hydrogen-bond donors (Lipinski definition) is 1. The number of rotatable bonds is 4. The Morgan fingerprint density at radius 3 is 2.50 bits per heavy atom. The first kappa shape index (κ1) is 15.8. The van der Waals surface area contributed by atoms with Crippen molar-refractivity contribution in [2.24, 2.45) is 11.7 Å². The lowest BCUT2D eigenvalue weighted by atomic mass is 9.99. The maximum atomic E-state index is 12.5. The quantitative estimate of drug-likeness (QED) is 0.855. The second-order valence-electron chi connectivity index (χ2n) is 6.56. The molecule has 2 aliphatic rings. The molecule has 0 radical (unpaired) electrons. The fraction of sp³-hybridized carbons (Fsp3) is 0.938. The van der Waals surface area contributed by atoms with Crippen molar-refractivity contribution in [3.05, 3.63) is 0 Å². The van der Waals surface area contributed by atoms with Gasteiger partial charge in [-0.1, -0.05) is 33.1 Å². The molecule has 1 saturated carbocycles. The average Bonchev–Trinajstić information content (AvgIpc) is 2.89. The minimum Gasteiger partial charge on any atom is -0.340 e. The molecule has 1 aliphatic heterocycles. The Bertz CT molecular complexity index is 315. The first-order valence-corrected chi connectivity index (χ1v) is 8.42. The van der Waals surface area contributed by atoms with E-state index < -0.39 is 0 Å². The van der Waals surface area contributed by atoms with Crippen molar-refractivity contribution in [1.29, 1.82) is 0 Å². The summed E-state index contributed by atoms with van der Waals surface area (Å²) >= 11 is 0. The van der Waals surface area contributed by atoms with E-state index in [9.17, 15) is 4.79 Å². The Morgan fingerprint density at radius 2 is 1.85 bits per heavy atom. The van der Waals surface area contributed by atoms with Crippen LogP contribution in [0.3, 0.4) is 0 Å². The molecule has 4 nitrogen and oxygen atoms in total. The lowest BCUT2D eigenvalue weighted by Crippen LogP contribution is -2.48. The van der Waals surface area contributed by atoms with E-state index in [1.165, 1.54) is 25.7 Å². The molecule has 1 heterocycles. The van der Waals surface area contributed by atoms with Crippen molar-refractivity contribution in [3.8, 4) is 0 Å². The van der Waals surface area contributed by atoms with Gasteiger partial charge in [-0.25, -0.2) is 0 Å². The molecule has 4 heteroatoms. The summed E-state index contributed by atoms with van der Waals surface area (Å²) in [5.41, 5.74) is 6.11. The molecule has 2 N–H and O–H groups in total. The molecule has 0 spiro atoms. The Labute approximate surface area is 123 Å². The van der Waals surface area contributed by atoms with E-state index in [0.717, 1.165) is 45.1 Å². The van der Waals surface area contributed by atoms with Gasteiger partial charge in [0.15, 0.2) is 0 Å². The van der Waals surface area contributed by atoms with Crippen LogP contribution in [-0.4, -0.2) is 54.0 Å². The van der Waals surface area contributed by atoms with Gasteiger partial charge in [-0.3, -0.25) is 9.69 Å². The number of nitrogens with zero attached hydrogens (tertiary/aromatic N) is 2. The van der Waals surface area contributed by atoms with E-state index in [1.807, 2.05) is 4.90 Å². The highest BCUT2D eigenvalue weighted by Crippen LogP contribution is 2.24. The van der Waals surface area contributed by atoms with Gasteiger partial charge in [0.05, 0.1) is 6.04 Å². The normalized spacial score (nSPS) is 25.4. The van der Waals surface area contributed by atoms with Crippen molar-refractivity contribution in [3.63, 3.8) is 0 Å². The van der Waals surface area contributed by atoms with Gasteiger partial charge in [0.1, 0.15) is 0 Å². The molecule has 1 saturated heterocycles. The van der Waals surface area contributed by atoms with Crippen LogP contribution in [0.5, 0.6) is 0 Å². The molecule has 0 aromatic heterocycles. The lowest BCUT2D eigenvalue weighted by molar-refractivity contribution is -0.133. The van der Waals surface area contributed by atoms with Gasteiger partial charge in [-0.05, 0) is 25.2 Å². The highest BCUT2D eigenvalue weighted by Gasteiger charge is 2.29. The summed E-state index contributed by atoms with van der Waals surface area (Å²) in [6.45, 7) is 8.09. The third kappa shape index (κ3) is 3.73. The summed E-state index contributed by atoms with van der Waals surface area (Å²) in [5.74, 6) is 0.435. The van der Waals surface area contributed by atoms with Crippen molar-refractivity contribution in [2.75, 3.05) is 26.2 Å². The van der Waals surface area contributed by atoms with Crippen LogP contribution in [0.25, 0.3) is 0 Å². The maximum Gasteiger partial charge on any atom is 0.239 e. The minimum absolute atomic E-state index is 0.160. The van der Waals surface area contributed by atoms with Crippen LogP contribution in [-0.2, 0) is 4.79 Å². The molecule has 2 fully saturated rings. The summed E-state index contributed by atoms with van der Waals surface area (Å²) in [4.78, 5) is 17.1. The number of nitrogens with two attached hydrogens (primary N) is 1. The van der Waals surface area contributed by atoms with Gasteiger partial charge in [0, 0.05) is 32.2 Å². The summed E-state index contributed by atoms with van der Waals surface area (Å²) in [6, 6.07) is 0.450. The number of hydrogen-bond acceptors (Lipinski definition) is 3. The first-order chi connectivity index (χ1) is 9.63. The van der Waals surface area contributed by atoms with Crippen LogP contribution in [0.15, 0.2) is 0 Å².